The van der Waals surface area contributed by atoms with Gasteiger partial charge in [-0.25, -0.2) is 0 Å². The number of Topliss-reactive ketones (excluding diaryl/α,β-unsaturated/α-hetero) is 1. The quantitative estimate of drug-likeness (QED) is 0.735. The Bertz CT molecular complexity index is 350. The van der Waals surface area contributed by atoms with Crippen molar-refractivity contribution in [3.8, 4) is 5.75 Å². The molecule has 0 aliphatic carbocycles. The van der Waals surface area contributed by atoms with Crippen LogP contribution in [0.25, 0.3) is 0 Å². The highest BCUT2D eigenvalue weighted by Crippen LogP contribution is 2.19. The minimum absolute atomic E-state index is 0.0699. The van der Waals surface area contributed by atoms with Gasteiger partial charge in [-0.15, -0.1) is 0 Å². The van der Waals surface area contributed by atoms with Gasteiger partial charge in [-0.05, 0) is 44.0 Å². The molecule has 0 saturated carbocycles. The maximum Gasteiger partial charge on any atom is 0.199 e. The largest absolute Gasteiger partial charge is 0.465 e. The van der Waals surface area contributed by atoms with Gasteiger partial charge >= 0.3 is 0 Å². The third-order valence-electron chi connectivity index (χ3n) is 2.67. The molecule has 0 N–H and O–H groups in total. The molecule has 1 atom stereocenters. The van der Waals surface area contributed by atoms with Crippen molar-refractivity contribution < 1.29 is 14.3 Å². The van der Waals surface area contributed by atoms with E-state index in [4.69, 9.17) is 9.47 Å². The second-order valence-corrected chi connectivity index (χ2v) is 3.99. The molecule has 16 heavy (non-hydrogen) atoms. The molecule has 1 aliphatic heterocycles. The molecule has 0 amide bonds. The number of ketones is 1. The van der Waals surface area contributed by atoms with Gasteiger partial charge in [0, 0.05) is 12.0 Å². The molecule has 86 valence electrons. The van der Waals surface area contributed by atoms with Crippen LogP contribution in [0.4, 0.5) is 0 Å². The summed E-state index contributed by atoms with van der Waals surface area (Å²) in [6.07, 6.45) is 3.07. The third-order valence-corrected chi connectivity index (χ3v) is 2.67. The van der Waals surface area contributed by atoms with Crippen LogP contribution in [0, 0.1) is 0 Å². The summed E-state index contributed by atoms with van der Waals surface area (Å²) in [7, 11) is 0. The van der Waals surface area contributed by atoms with Crippen LogP contribution in [0.2, 0.25) is 0 Å². The summed E-state index contributed by atoms with van der Waals surface area (Å²) in [5.41, 5.74) is 0.705. The predicted molar refractivity (Wildman–Crippen MR) is 60.7 cm³/mol. The summed E-state index contributed by atoms with van der Waals surface area (Å²) < 4.78 is 11.1. The van der Waals surface area contributed by atoms with Crippen LogP contribution in [0.1, 0.15) is 36.5 Å². The standard InChI is InChI=1S/C13H16O3/c1-10(14)11-5-7-12(8-6-11)16-13-4-2-3-9-15-13/h5-8,13H,2-4,9H2,1H3/t13-/m0/s1. The van der Waals surface area contributed by atoms with Gasteiger partial charge in [0.2, 0.25) is 0 Å². The van der Waals surface area contributed by atoms with Gasteiger partial charge in [-0.1, -0.05) is 0 Å². The van der Waals surface area contributed by atoms with Crippen LogP contribution in [-0.2, 0) is 4.74 Å². The highest BCUT2D eigenvalue weighted by molar-refractivity contribution is 5.94. The first-order valence-electron chi connectivity index (χ1n) is 5.65. The lowest BCUT2D eigenvalue weighted by atomic mass is 10.1. The molecule has 1 aromatic rings. The number of rotatable bonds is 3. The molecule has 0 radical (unpaired) electrons. The Morgan fingerprint density at radius 3 is 2.62 bits per heavy atom. The average molecular weight is 220 g/mol. The smallest absolute Gasteiger partial charge is 0.199 e. The molecule has 3 heteroatoms. The van der Waals surface area contributed by atoms with Gasteiger partial charge in [0.05, 0.1) is 6.61 Å². The van der Waals surface area contributed by atoms with Crippen LogP contribution in [0.5, 0.6) is 5.75 Å². The van der Waals surface area contributed by atoms with Crippen molar-refractivity contribution >= 4 is 5.78 Å². The molecular weight excluding hydrogens is 204 g/mol. The van der Waals surface area contributed by atoms with E-state index in [1.807, 2.05) is 12.1 Å². The zero-order valence-corrected chi connectivity index (χ0v) is 9.44. The van der Waals surface area contributed by atoms with Gasteiger partial charge in [0.25, 0.3) is 0 Å². The maximum atomic E-state index is 11.1. The lowest BCUT2D eigenvalue weighted by molar-refractivity contribution is -0.105. The summed E-state index contributed by atoms with van der Waals surface area (Å²) in [5, 5.41) is 0. The topological polar surface area (TPSA) is 35.5 Å². The molecule has 1 aliphatic rings. The van der Waals surface area contributed by atoms with Crippen LogP contribution in [-0.4, -0.2) is 18.7 Å². The fraction of sp³-hybridized carbons (Fsp3) is 0.462. The minimum atomic E-state index is -0.128. The van der Waals surface area contributed by atoms with Crippen molar-refractivity contribution in [1.29, 1.82) is 0 Å². The second kappa shape index (κ2) is 5.12. The lowest BCUT2D eigenvalue weighted by Crippen LogP contribution is -2.24. The number of hydrogen-bond donors (Lipinski definition) is 0. The number of benzene rings is 1. The molecule has 1 aromatic carbocycles. The van der Waals surface area contributed by atoms with Gasteiger partial charge in [-0.2, -0.15) is 0 Å². The van der Waals surface area contributed by atoms with E-state index in [0.717, 1.165) is 31.6 Å². The van der Waals surface area contributed by atoms with Gasteiger partial charge < -0.3 is 9.47 Å². The summed E-state index contributed by atoms with van der Waals surface area (Å²) in [6.45, 7) is 2.33. The van der Waals surface area contributed by atoms with E-state index in [1.54, 1.807) is 19.1 Å². The maximum absolute atomic E-state index is 11.1. The van der Waals surface area contributed by atoms with Crippen LogP contribution in [0.3, 0.4) is 0 Å². The Labute approximate surface area is 95.4 Å². The van der Waals surface area contributed by atoms with Crippen LogP contribution in [0.15, 0.2) is 24.3 Å². The third kappa shape index (κ3) is 2.83. The zero-order chi connectivity index (χ0) is 11.4. The molecule has 1 saturated heterocycles. The zero-order valence-electron chi connectivity index (χ0n) is 9.44. The summed E-state index contributed by atoms with van der Waals surface area (Å²) in [5.74, 6) is 0.831. The van der Waals surface area contributed by atoms with Crippen LogP contribution >= 0.6 is 0 Å². The number of hydrogen-bond acceptors (Lipinski definition) is 3. The van der Waals surface area contributed by atoms with E-state index in [9.17, 15) is 4.79 Å². The predicted octanol–water partition coefficient (Wildman–Crippen LogP) is 2.79. The number of carbonyl (C=O) groups excluding carboxylic acids is 1. The summed E-state index contributed by atoms with van der Waals surface area (Å²) >= 11 is 0. The first-order chi connectivity index (χ1) is 7.75. The lowest BCUT2D eigenvalue weighted by Gasteiger charge is -2.23. The van der Waals surface area contributed by atoms with Crippen molar-refractivity contribution in [3.63, 3.8) is 0 Å². The van der Waals surface area contributed by atoms with E-state index in [1.165, 1.54) is 0 Å². The van der Waals surface area contributed by atoms with Crippen LogP contribution < -0.4 is 4.74 Å². The molecular formula is C13H16O3. The van der Waals surface area contributed by atoms with Gasteiger partial charge in [-0.3, -0.25) is 4.79 Å². The van der Waals surface area contributed by atoms with Crippen molar-refractivity contribution in [1.82, 2.24) is 0 Å². The molecule has 3 nitrogen and oxygen atoms in total. The molecule has 0 spiro atoms. The summed E-state index contributed by atoms with van der Waals surface area (Å²) in [4.78, 5) is 11.1. The van der Waals surface area contributed by atoms with E-state index in [2.05, 4.69) is 0 Å². The monoisotopic (exact) mass is 220 g/mol. The van der Waals surface area contributed by atoms with E-state index in [-0.39, 0.29) is 12.1 Å². The van der Waals surface area contributed by atoms with Crippen molar-refractivity contribution in [3.05, 3.63) is 29.8 Å². The Kier molecular flexibility index (Phi) is 3.57. The van der Waals surface area contributed by atoms with Gasteiger partial charge in [0.1, 0.15) is 5.75 Å². The fourth-order valence-electron chi connectivity index (χ4n) is 1.72. The van der Waals surface area contributed by atoms with E-state index < -0.39 is 0 Å². The van der Waals surface area contributed by atoms with Crippen molar-refractivity contribution in [2.45, 2.75) is 32.5 Å². The van der Waals surface area contributed by atoms with Gasteiger partial charge in [0.15, 0.2) is 12.1 Å². The highest BCUT2D eigenvalue weighted by atomic mass is 16.7. The minimum Gasteiger partial charge on any atom is -0.465 e. The normalized spacial score (nSPS) is 20.4. The number of carbonyl (C=O) groups is 1. The Morgan fingerprint density at radius 2 is 2.06 bits per heavy atom. The molecule has 1 fully saturated rings. The molecule has 1 heterocycles. The van der Waals surface area contributed by atoms with Crippen molar-refractivity contribution in [2.75, 3.05) is 6.61 Å². The highest BCUT2D eigenvalue weighted by Gasteiger charge is 2.14. The SMILES string of the molecule is CC(=O)c1ccc(O[C@H]2CCCCO2)cc1. The molecule has 0 aromatic heterocycles. The van der Waals surface area contributed by atoms with E-state index >= 15 is 0 Å². The Hall–Kier alpha value is -1.35. The van der Waals surface area contributed by atoms with E-state index in [0.29, 0.717) is 5.56 Å². The average Bonchev–Trinajstić information content (AvgIpc) is 2.31. The summed E-state index contributed by atoms with van der Waals surface area (Å²) in [6, 6.07) is 7.18. The number of ether oxygens (including phenoxy) is 2. The fourth-order valence-corrected chi connectivity index (χ4v) is 1.72. The second-order valence-electron chi connectivity index (χ2n) is 3.99. The molecule has 2 rings (SSSR count). The Balaban J connectivity index is 1.96. The molecule has 0 unspecified atom stereocenters. The first-order valence-corrected chi connectivity index (χ1v) is 5.65. The molecule has 0 bridgehead atoms. The Morgan fingerprint density at radius 1 is 1.31 bits per heavy atom. The first kappa shape index (κ1) is 11.1. The van der Waals surface area contributed by atoms with Crippen molar-refractivity contribution in [2.24, 2.45) is 0 Å².